The lowest BCUT2D eigenvalue weighted by Gasteiger charge is -2.10. The highest BCUT2D eigenvalue weighted by atomic mass is 32.1. The van der Waals surface area contributed by atoms with E-state index in [4.69, 9.17) is 0 Å². The van der Waals surface area contributed by atoms with Gasteiger partial charge in [0.2, 0.25) is 0 Å². The average Bonchev–Trinajstić information content (AvgIpc) is 3.12. The van der Waals surface area contributed by atoms with Crippen LogP contribution < -0.4 is 5.32 Å². The molecule has 0 aromatic carbocycles. The van der Waals surface area contributed by atoms with Gasteiger partial charge >= 0.3 is 0 Å². The van der Waals surface area contributed by atoms with Gasteiger partial charge in [0, 0.05) is 18.9 Å². The molecule has 0 spiro atoms. The Labute approximate surface area is 134 Å². The third-order valence-electron chi connectivity index (χ3n) is 4.11. The summed E-state index contributed by atoms with van der Waals surface area (Å²) in [5.74, 6) is 1.94. The van der Waals surface area contributed by atoms with Gasteiger partial charge in [-0.3, -0.25) is 4.79 Å². The molecule has 2 aromatic rings. The molecule has 22 heavy (non-hydrogen) atoms. The van der Waals surface area contributed by atoms with Crippen molar-refractivity contribution >= 4 is 17.2 Å². The molecule has 3 rings (SSSR count). The summed E-state index contributed by atoms with van der Waals surface area (Å²) in [6.45, 7) is 4.90. The van der Waals surface area contributed by atoms with Crippen molar-refractivity contribution in [3.05, 3.63) is 29.0 Å². The monoisotopic (exact) mass is 316 g/mol. The van der Waals surface area contributed by atoms with Crippen molar-refractivity contribution in [1.82, 2.24) is 20.3 Å². The zero-order valence-electron chi connectivity index (χ0n) is 12.9. The van der Waals surface area contributed by atoms with Gasteiger partial charge in [-0.15, -0.1) is 11.3 Å². The molecule has 1 aliphatic carbocycles. The van der Waals surface area contributed by atoms with Gasteiger partial charge in [0.1, 0.15) is 4.88 Å². The van der Waals surface area contributed by atoms with Crippen LogP contribution in [-0.2, 0) is 0 Å². The first-order valence-corrected chi connectivity index (χ1v) is 8.48. The minimum Gasteiger partial charge on any atom is -0.351 e. The van der Waals surface area contributed by atoms with Crippen molar-refractivity contribution in [2.24, 2.45) is 11.8 Å². The average molecular weight is 316 g/mol. The summed E-state index contributed by atoms with van der Waals surface area (Å²) in [7, 11) is 0. The lowest BCUT2D eigenvalue weighted by molar-refractivity contribution is 0.0950. The minimum absolute atomic E-state index is 0.0308. The molecule has 0 aliphatic heterocycles. The first kappa shape index (κ1) is 15.1. The summed E-state index contributed by atoms with van der Waals surface area (Å²) in [6.07, 6.45) is 7.06. The van der Waals surface area contributed by atoms with Gasteiger partial charge < -0.3 is 5.32 Å². The topological polar surface area (TPSA) is 67.8 Å². The number of aromatic nitrogens is 3. The Bertz CT molecular complexity index is 655. The summed E-state index contributed by atoms with van der Waals surface area (Å²) in [5.41, 5.74) is 0.741. The van der Waals surface area contributed by atoms with E-state index in [1.807, 2.05) is 6.92 Å². The van der Waals surface area contributed by atoms with Crippen LogP contribution in [0.1, 0.15) is 41.6 Å². The Morgan fingerprint density at radius 3 is 2.82 bits per heavy atom. The van der Waals surface area contributed by atoms with Crippen LogP contribution in [0.2, 0.25) is 0 Å². The summed E-state index contributed by atoms with van der Waals surface area (Å²) in [5, 5.41) is 3.75. The molecule has 1 aliphatic rings. The minimum atomic E-state index is -0.0308. The SMILES string of the molecule is Cc1nc(-c2ncccn2)sc1C(=O)NCC1CCC(C)C1. The second-order valence-electron chi connectivity index (χ2n) is 6.00. The van der Waals surface area contributed by atoms with E-state index >= 15 is 0 Å². The fourth-order valence-corrected chi connectivity index (χ4v) is 3.87. The molecule has 2 heterocycles. The molecular formula is C16H20N4OS. The number of hydrogen-bond donors (Lipinski definition) is 1. The van der Waals surface area contributed by atoms with Crippen molar-refractivity contribution in [2.45, 2.75) is 33.1 Å². The number of nitrogens with one attached hydrogen (secondary N) is 1. The largest absolute Gasteiger partial charge is 0.351 e. The molecule has 2 unspecified atom stereocenters. The van der Waals surface area contributed by atoms with Gasteiger partial charge in [0.15, 0.2) is 10.8 Å². The molecule has 5 nitrogen and oxygen atoms in total. The third-order valence-corrected chi connectivity index (χ3v) is 5.27. The molecule has 2 atom stereocenters. The van der Waals surface area contributed by atoms with Crippen LogP contribution in [0.25, 0.3) is 10.8 Å². The highest BCUT2D eigenvalue weighted by Gasteiger charge is 2.23. The van der Waals surface area contributed by atoms with Crippen molar-refractivity contribution < 1.29 is 4.79 Å². The maximum Gasteiger partial charge on any atom is 0.263 e. The van der Waals surface area contributed by atoms with Gasteiger partial charge in [0.25, 0.3) is 5.91 Å². The maximum atomic E-state index is 12.4. The van der Waals surface area contributed by atoms with Gasteiger partial charge in [-0.25, -0.2) is 15.0 Å². The highest BCUT2D eigenvalue weighted by Crippen LogP contribution is 2.30. The lowest BCUT2D eigenvalue weighted by atomic mass is 10.1. The number of rotatable bonds is 4. The lowest BCUT2D eigenvalue weighted by Crippen LogP contribution is -2.28. The molecule has 0 radical (unpaired) electrons. The molecule has 1 saturated carbocycles. The fraction of sp³-hybridized carbons (Fsp3) is 0.500. The second kappa shape index (κ2) is 6.52. The van der Waals surface area contributed by atoms with E-state index in [0.717, 1.165) is 18.2 Å². The zero-order valence-corrected chi connectivity index (χ0v) is 13.7. The number of amides is 1. The quantitative estimate of drug-likeness (QED) is 0.941. The third kappa shape index (κ3) is 3.32. The van der Waals surface area contributed by atoms with E-state index in [2.05, 4.69) is 27.2 Å². The van der Waals surface area contributed by atoms with Crippen LogP contribution in [-0.4, -0.2) is 27.4 Å². The number of hydrogen-bond acceptors (Lipinski definition) is 5. The molecule has 1 amide bonds. The normalized spacial score (nSPS) is 21.0. The van der Waals surface area contributed by atoms with Crippen LogP contribution in [0.15, 0.2) is 18.5 Å². The highest BCUT2D eigenvalue weighted by molar-refractivity contribution is 7.17. The number of carbonyl (C=O) groups is 1. The predicted octanol–water partition coefficient (Wildman–Crippen LogP) is 3.07. The Morgan fingerprint density at radius 1 is 1.36 bits per heavy atom. The predicted molar refractivity (Wildman–Crippen MR) is 86.7 cm³/mol. The smallest absolute Gasteiger partial charge is 0.263 e. The summed E-state index contributed by atoms with van der Waals surface area (Å²) < 4.78 is 0. The van der Waals surface area contributed by atoms with Crippen molar-refractivity contribution in [3.8, 4) is 10.8 Å². The van der Waals surface area contributed by atoms with Crippen LogP contribution in [0.5, 0.6) is 0 Å². The van der Waals surface area contributed by atoms with Crippen LogP contribution in [0.3, 0.4) is 0 Å². The van der Waals surface area contributed by atoms with Gasteiger partial charge in [0.05, 0.1) is 5.69 Å². The Kier molecular flexibility index (Phi) is 4.47. The van der Waals surface area contributed by atoms with Crippen LogP contribution >= 0.6 is 11.3 Å². The molecule has 6 heteroatoms. The number of thiazole rings is 1. The van der Waals surface area contributed by atoms with Crippen molar-refractivity contribution in [1.29, 1.82) is 0 Å². The Balaban J connectivity index is 1.67. The Morgan fingerprint density at radius 2 is 2.14 bits per heavy atom. The number of nitrogens with zero attached hydrogens (tertiary/aromatic N) is 3. The van der Waals surface area contributed by atoms with Crippen LogP contribution in [0, 0.1) is 18.8 Å². The summed E-state index contributed by atoms with van der Waals surface area (Å²) in [4.78, 5) is 25.8. The molecular weight excluding hydrogens is 296 g/mol. The Hall–Kier alpha value is -1.82. The molecule has 116 valence electrons. The van der Waals surface area contributed by atoms with E-state index in [1.165, 1.54) is 30.6 Å². The molecule has 0 saturated heterocycles. The molecule has 1 N–H and O–H groups in total. The summed E-state index contributed by atoms with van der Waals surface area (Å²) in [6, 6.07) is 1.76. The second-order valence-corrected chi connectivity index (χ2v) is 7.00. The van der Waals surface area contributed by atoms with E-state index in [1.54, 1.807) is 18.5 Å². The maximum absolute atomic E-state index is 12.4. The van der Waals surface area contributed by atoms with E-state index < -0.39 is 0 Å². The van der Waals surface area contributed by atoms with Gasteiger partial charge in [-0.05, 0) is 37.7 Å². The van der Waals surface area contributed by atoms with E-state index in [-0.39, 0.29) is 5.91 Å². The number of carbonyl (C=O) groups excluding carboxylic acids is 1. The summed E-state index contributed by atoms with van der Waals surface area (Å²) >= 11 is 1.36. The zero-order chi connectivity index (χ0) is 15.5. The molecule has 0 bridgehead atoms. The van der Waals surface area contributed by atoms with Crippen LogP contribution in [0.4, 0.5) is 0 Å². The van der Waals surface area contributed by atoms with E-state index in [9.17, 15) is 4.79 Å². The van der Waals surface area contributed by atoms with Crippen molar-refractivity contribution in [2.75, 3.05) is 6.54 Å². The first-order chi connectivity index (χ1) is 10.6. The van der Waals surface area contributed by atoms with E-state index in [0.29, 0.717) is 21.6 Å². The van der Waals surface area contributed by atoms with Gasteiger partial charge in [-0.1, -0.05) is 13.3 Å². The van der Waals surface area contributed by atoms with Crippen molar-refractivity contribution in [3.63, 3.8) is 0 Å². The fourth-order valence-electron chi connectivity index (χ4n) is 2.94. The molecule has 2 aromatic heterocycles. The molecule has 1 fully saturated rings. The standard InChI is InChI=1S/C16H20N4OS/c1-10-4-5-12(8-10)9-19-15(21)13-11(2)20-16(22-13)14-17-6-3-7-18-14/h3,6-7,10,12H,4-5,8-9H2,1-2H3,(H,19,21). The van der Waals surface area contributed by atoms with Gasteiger partial charge in [-0.2, -0.15) is 0 Å². The number of aryl methyl sites for hydroxylation is 1. The first-order valence-electron chi connectivity index (χ1n) is 7.66.